The van der Waals surface area contributed by atoms with Crippen molar-refractivity contribution < 1.29 is 0 Å². The minimum Gasteiger partial charge on any atom is -0.327 e. The predicted molar refractivity (Wildman–Crippen MR) is 46.0 cm³/mol. The summed E-state index contributed by atoms with van der Waals surface area (Å²) < 4.78 is 1.80. The first-order valence-corrected chi connectivity index (χ1v) is 3.61. The summed E-state index contributed by atoms with van der Waals surface area (Å²) in [6.07, 6.45) is 5.88. The van der Waals surface area contributed by atoms with Gasteiger partial charge < -0.3 is 5.73 Å². The van der Waals surface area contributed by atoms with E-state index in [2.05, 4.69) is 5.10 Å². The Morgan fingerprint density at radius 2 is 2.45 bits per heavy atom. The lowest BCUT2D eigenvalue weighted by molar-refractivity contribution is 0.756. The zero-order valence-electron chi connectivity index (χ0n) is 6.91. The number of rotatable bonds is 2. The summed E-state index contributed by atoms with van der Waals surface area (Å²) in [6.45, 7) is 2.56. The van der Waals surface area contributed by atoms with Crippen molar-refractivity contribution in [3.63, 3.8) is 0 Å². The number of hydrogen-bond donors (Lipinski definition) is 1. The van der Waals surface area contributed by atoms with Gasteiger partial charge in [-0.3, -0.25) is 4.68 Å². The summed E-state index contributed by atoms with van der Waals surface area (Å²) in [5, 5.41) is 4.19. The summed E-state index contributed by atoms with van der Waals surface area (Å²) in [5.74, 6) is 0. The van der Waals surface area contributed by atoms with E-state index in [1.807, 2.05) is 32.3 Å². The molecule has 0 amide bonds. The van der Waals surface area contributed by atoms with Crippen LogP contribution in [0.2, 0.25) is 0 Å². The topological polar surface area (TPSA) is 43.8 Å². The minimum absolute atomic E-state index is 0.578. The third kappa shape index (κ3) is 1.91. The fourth-order valence-corrected chi connectivity index (χ4v) is 0.977. The Bertz CT molecular complexity index is 260. The highest BCUT2D eigenvalue weighted by Crippen LogP contribution is 2.05. The fourth-order valence-electron chi connectivity index (χ4n) is 0.977. The van der Waals surface area contributed by atoms with E-state index in [1.165, 1.54) is 0 Å². The summed E-state index contributed by atoms with van der Waals surface area (Å²) in [6, 6.07) is 0. The van der Waals surface area contributed by atoms with Crippen LogP contribution in [0, 0.1) is 6.92 Å². The van der Waals surface area contributed by atoms with Crippen LogP contribution >= 0.6 is 0 Å². The van der Waals surface area contributed by atoms with E-state index in [1.54, 1.807) is 4.68 Å². The maximum Gasteiger partial charge on any atom is 0.0665 e. The summed E-state index contributed by atoms with van der Waals surface area (Å²) >= 11 is 0. The van der Waals surface area contributed by atoms with Gasteiger partial charge in [-0.05, 0) is 6.92 Å². The van der Waals surface area contributed by atoms with Crippen molar-refractivity contribution in [2.24, 2.45) is 12.8 Å². The molecule has 0 unspecified atom stereocenters. The normalized spacial score (nSPS) is 11.2. The van der Waals surface area contributed by atoms with E-state index >= 15 is 0 Å². The highest BCUT2D eigenvalue weighted by molar-refractivity contribution is 5.50. The molecular weight excluding hydrogens is 138 g/mol. The van der Waals surface area contributed by atoms with Crippen LogP contribution in [0.25, 0.3) is 6.08 Å². The third-order valence-electron chi connectivity index (χ3n) is 1.48. The van der Waals surface area contributed by atoms with Crippen LogP contribution < -0.4 is 5.73 Å². The molecule has 0 atom stereocenters. The molecule has 2 N–H and O–H groups in total. The van der Waals surface area contributed by atoms with Crippen LogP contribution in [0.5, 0.6) is 0 Å². The molecule has 3 heteroatoms. The number of hydrogen-bond acceptors (Lipinski definition) is 2. The standard InChI is InChI=1S/C8H13N3/c1-7-8(4-3-5-9)6-11(2)10-7/h3-4,6H,5,9H2,1-2H3/b4-3+. The lowest BCUT2D eigenvalue weighted by Crippen LogP contribution is -1.91. The maximum absolute atomic E-state index is 5.32. The molecule has 0 aliphatic heterocycles. The van der Waals surface area contributed by atoms with Gasteiger partial charge in [-0.2, -0.15) is 5.10 Å². The molecule has 0 aliphatic carbocycles. The molecule has 0 bridgehead atoms. The van der Waals surface area contributed by atoms with Crippen molar-refractivity contribution in [1.82, 2.24) is 9.78 Å². The first-order valence-electron chi connectivity index (χ1n) is 3.61. The Hall–Kier alpha value is -1.09. The quantitative estimate of drug-likeness (QED) is 0.676. The Kier molecular flexibility index (Phi) is 2.44. The molecule has 0 spiro atoms. The van der Waals surface area contributed by atoms with Gasteiger partial charge in [0.05, 0.1) is 5.69 Å². The molecule has 0 aliphatic rings. The molecule has 0 radical (unpaired) electrons. The van der Waals surface area contributed by atoms with Gasteiger partial charge in [-0.15, -0.1) is 0 Å². The SMILES string of the molecule is Cc1nn(C)cc1/C=C/CN. The largest absolute Gasteiger partial charge is 0.327 e. The maximum atomic E-state index is 5.32. The Labute approximate surface area is 66.5 Å². The number of nitrogens with zero attached hydrogens (tertiary/aromatic N) is 2. The van der Waals surface area contributed by atoms with Crippen LogP contribution in [0.1, 0.15) is 11.3 Å². The van der Waals surface area contributed by atoms with Crippen molar-refractivity contribution in [2.45, 2.75) is 6.92 Å². The van der Waals surface area contributed by atoms with Crippen molar-refractivity contribution >= 4 is 6.08 Å². The average Bonchev–Trinajstić information content (AvgIpc) is 2.26. The molecular formula is C8H13N3. The second kappa shape index (κ2) is 3.34. The molecule has 0 saturated carbocycles. The third-order valence-corrected chi connectivity index (χ3v) is 1.48. The van der Waals surface area contributed by atoms with E-state index in [9.17, 15) is 0 Å². The molecule has 0 aromatic carbocycles. The van der Waals surface area contributed by atoms with Gasteiger partial charge >= 0.3 is 0 Å². The van der Waals surface area contributed by atoms with Gasteiger partial charge in [-0.25, -0.2) is 0 Å². The van der Waals surface area contributed by atoms with Crippen molar-refractivity contribution in [3.05, 3.63) is 23.5 Å². The first-order chi connectivity index (χ1) is 5.24. The fraction of sp³-hybridized carbons (Fsp3) is 0.375. The first kappa shape index (κ1) is 8.01. The average molecular weight is 151 g/mol. The summed E-state index contributed by atoms with van der Waals surface area (Å²) in [5.41, 5.74) is 7.50. The highest BCUT2D eigenvalue weighted by atomic mass is 15.2. The van der Waals surface area contributed by atoms with Gasteiger partial charge in [0.2, 0.25) is 0 Å². The van der Waals surface area contributed by atoms with E-state index in [4.69, 9.17) is 5.73 Å². The second-order valence-corrected chi connectivity index (χ2v) is 2.48. The van der Waals surface area contributed by atoms with Crippen LogP contribution in [-0.4, -0.2) is 16.3 Å². The van der Waals surface area contributed by atoms with Crippen molar-refractivity contribution in [2.75, 3.05) is 6.54 Å². The highest BCUT2D eigenvalue weighted by Gasteiger charge is 1.96. The monoisotopic (exact) mass is 151 g/mol. The number of aryl methyl sites for hydroxylation is 2. The smallest absolute Gasteiger partial charge is 0.0665 e. The van der Waals surface area contributed by atoms with E-state index < -0.39 is 0 Å². The lowest BCUT2D eigenvalue weighted by atomic mass is 10.2. The van der Waals surface area contributed by atoms with Crippen molar-refractivity contribution in [3.8, 4) is 0 Å². The Balaban J connectivity index is 2.85. The van der Waals surface area contributed by atoms with Crippen LogP contribution in [0.15, 0.2) is 12.3 Å². The zero-order chi connectivity index (χ0) is 8.27. The minimum atomic E-state index is 0.578. The van der Waals surface area contributed by atoms with Crippen LogP contribution in [0.4, 0.5) is 0 Å². The number of aromatic nitrogens is 2. The second-order valence-electron chi connectivity index (χ2n) is 2.48. The zero-order valence-corrected chi connectivity index (χ0v) is 6.91. The summed E-state index contributed by atoms with van der Waals surface area (Å²) in [7, 11) is 1.91. The van der Waals surface area contributed by atoms with Gasteiger partial charge in [-0.1, -0.05) is 12.2 Å². The van der Waals surface area contributed by atoms with E-state index in [0.717, 1.165) is 11.3 Å². The van der Waals surface area contributed by atoms with Gasteiger partial charge in [0, 0.05) is 25.4 Å². The summed E-state index contributed by atoms with van der Waals surface area (Å²) in [4.78, 5) is 0. The van der Waals surface area contributed by atoms with Gasteiger partial charge in [0.25, 0.3) is 0 Å². The van der Waals surface area contributed by atoms with Crippen LogP contribution in [0.3, 0.4) is 0 Å². The molecule has 60 valence electrons. The Morgan fingerprint density at radius 3 is 2.91 bits per heavy atom. The van der Waals surface area contributed by atoms with E-state index in [0.29, 0.717) is 6.54 Å². The lowest BCUT2D eigenvalue weighted by Gasteiger charge is -1.84. The Morgan fingerprint density at radius 1 is 1.73 bits per heavy atom. The van der Waals surface area contributed by atoms with Gasteiger partial charge in [0.1, 0.15) is 0 Å². The molecule has 3 nitrogen and oxygen atoms in total. The molecule has 11 heavy (non-hydrogen) atoms. The van der Waals surface area contributed by atoms with Crippen LogP contribution in [-0.2, 0) is 7.05 Å². The molecule has 1 rings (SSSR count). The molecule has 0 fully saturated rings. The van der Waals surface area contributed by atoms with Gasteiger partial charge in [0.15, 0.2) is 0 Å². The molecule has 0 saturated heterocycles. The molecule has 1 aromatic rings. The molecule has 1 heterocycles. The number of nitrogens with two attached hydrogens (primary N) is 1. The molecule has 1 aromatic heterocycles. The predicted octanol–water partition coefficient (Wildman–Crippen LogP) is 0.700. The van der Waals surface area contributed by atoms with E-state index in [-0.39, 0.29) is 0 Å². The van der Waals surface area contributed by atoms with Crippen molar-refractivity contribution in [1.29, 1.82) is 0 Å².